The summed E-state index contributed by atoms with van der Waals surface area (Å²) < 4.78 is 0. The van der Waals surface area contributed by atoms with Gasteiger partial charge in [-0.2, -0.15) is 0 Å². The molecule has 1 saturated heterocycles. The largest absolute Gasteiger partial charge is 0.348 e. The number of amides is 3. The van der Waals surface area contributed by atoms with Crippen molar-refractivity contribution in [2.24, 2.45) is 11.8 Å². The summed E-state index contributed by atoms with van der Waals surface area (Å²) in [4.78, 5) is 39.8. The van der Waals surface area contributed by atoms with Crippen LogP contribution in [0.5, 0.6) is 0 Å². The number of nitrogens with zero attached hydrogens (tertiary/aromatic N) is 1. The third-order valence-electron chi connectivity index (χ3n) is 8.04. The Morgan fingerprint density at radius 3 is 1.56 bits per heavy atom. The van der Waals surface area contributed by atoms with Crippen LogP contribution in [0.1, 0.15) is 47.7 Å². The zero-order chi connectivity index (χ0) is 25.4. The lowest BCUT2D eigenvalue weighted by molar-refractivity contribution is -0.147. The molecule has 0 aromatic heterocycles. The number of nitrogens with one attached hydrogen (secondary N) is 1. The molecule has 182 valence electrons. The highest BCUT2D eigenvalue weighted by molar-refractivity contribution is 6.36. The van der Waals surface area contributed by atoms with Gasteiger partial charge in [0.05, 0.1) is 17.9 Å². The number of alkyl halides is 2. The number of likely N-dealkylation sites (tertiary alicyclic amines) is 1. The molecule has 7 heteroatoms. The number of carbonyl (C=O) groups excluding carboxylic acids is 3. The molecule has 2 bridgehead atoms. The van der Waals surface area contributed by atoms with E-state index in [1.165, 1.54) is 0 Å². The van der Waals surface area contributed by atoms with Gasteiger partial charge in [-0.15, -0.1) is 23.2 Å². The highest BCUT2D eigenvalue weighted by Gasteiger charge is 2.73. The molecule has 36 heavy (non-hydrogen) atoms. The summed E-state index contributed by atoms with van der Waals surface area (Å²) in [5, 5.41) is 2.94. The molecule has 4 atom stereocenters. The number of benzene rings is 3. The van der Waals surface area contributed by atoms with Crippen molar-refractivity contribution in [3.63, 3.8) is 0 Å². The maximum absolute atomic E-state index is 14.0. The number of hydrogen-bond acceptors (Lipinski definition) is 3. The summed E-state index contributed by atoms with van der Waals surface area (Å²) in [7, 11) is 0. The first-order valence-corrected chi connectivity index (χ1v) is 12.8. The van der Waals surface area contributed by atoms with Crippen LogP contribution in [0.25, 0.3) is 0 Å². The van der Waals surface area contributed by atoms with Crippen molar-refractivity contribution in [1.29, 1.82) is 0 Å². The molecule has 0 radical (unpaired) electrons. The Hall–Kier alpha value is -3.15. The standard InChI is InChI=1S/C29H24Cl2N2O3/c1-16(18-10-4-3-5-11-18)32-25(34)17(2)33-26(35)23-24(27(33)36)29(31)20-13-7-6-12-19(20)28(23,30)21-14-8-9-15-22(21)29/h3-17,23-24H,1-2H3,(H,32,34)/t16-,17-,23+,24+,28?,29?/m0/s1. The minimum atomic E-state index is -1.26. The first-order valence-electron chi connectivity index (χ1n) is 12.0. The Labute approximate surface area is 219 Å². The van der Waals surface area contributed by atoms with Gasteiger partial charge < -0.3 is 5.32 Å². The minimum Gasteiger partial charge on any atom is -0.348 e. The van der Waals surface area contributed by atoms with Gasteiger partial charge in [-0.05, 0) is 41.7 Å². The third kappa shape index (κ3) is 2.81. The van der Waals surface area contributed by atoms with Crippen molar-refractivity contribution < 1.29 is 14.4 Å². The van der Waals surface area contributed by atoms with Gasteiger partial charge in [-0.1, -0.05) is 78.9 Å². The van der Waals surface area contributed by atoms with E-state index in [2.05, 4.69) is 5.32 Å². The fraction of sp³-hybridized carbons (Fsp3) is 0.276. The molecule has 0 spiro atoms. The lowest BCUT2D eigenvalue weighted by atomic mass is 9.54. The smallest absolute Gasteiger partial charge is 0.243 e. The zero-order valence-corrected chi connectivity index (χ0v) is 21.3. The summed E-state index contributed by atoms with van der Waals surface area (Å²) in [6.07, 6.45) is 0. The Balaban J connectivity index is 1.41. The SMILES string of the molecule is C[C@H](NC(=O)[C@H](C)N1C(=O)[C@H]2[C@H](C1=O)C1(Cl)c3ccccc3C2(Cl)c2ccccc21)c1ccccc1. The van der Waals surface area contributed by atoms with Crippen molar-refractivity contribution in [3.05, 3.63) is 107 Å². The van der Waals surface area contributed by atoms with E-state index in [9.17, 15) is 14.4 Å². The summed E-state index contributed by atoms with van der Waals surface area (Å²) >= 11 is 14.9. The summed E-state index contributed by atoms with van der Waals surface area (Å²) in [6, 6.07) is 23.2. The molecule has 3 aromatic carbocycles. The molecule has 1 aliphatic heterocycles. The zero-order valence-electron chi connectivity index (χ0n) is 19.7. The Bertz CT molecular complexity index is 1300. The van der Waals surface area contributed by atoms with Crippen LogP contribution < -0.4 is 5.32 Å². The quantitative estimate of drug-likeness (QED) is 0.396. The van der Waals surface area contributed by atoms with Gasteiger partial charge in [-0.25, -0.2) is 0 Å². The Kier molecular flexibility index (Phi) is 5.12. The van der Waals surface area contributed by atoms with Gasteiger partial charge in [0, 0.05) is 0 Å². The van der Waals surface area contributed by atoms with E-state index in [1.54, 1.807) is 6.92 Å². The van der Waals surface area contributed by atoms with E-state index >= 15 is 0 Å². The van der Waals surface area contributed by atoms with E-state index in [-0.39, 0.29) is 6.04 Å². The van der Waals surface area contributed by atoms with Gasteiger partial charge in [0.15, 0.2) is 0 Å². The summed E-state index contributed by atoms with van der Waals surface area (Å²) in [6.45, 7) is 3.44. The minimum absolute atomic E-state index is 0.292. The normalized spacial score (nSPS) is 29.3. The van der Waals surface area contributed by atoms with Crippen LogP contribution >= 0.6 is 23.2 Å². The fourth-order valence-electron chi connectivity index (χ4n) is 6.35. The molecule has 0 saturated carbocycles. The fourth-order valence-corrected chi connectivity index (χ4v) is 7.44. The van der Waals surface area contributed by atoms with Gasteiger partial charge in [0.2, 0.25) is 17.7 Å². The van der Waals surface area contributed by atoms with Crippen LogP contribution in [0.4, 0.5) is 0 Å². The maximum atomic E-state index is 14.0. The lowest BCUT2D eigenvalue weighted by Crippen LogP contribution is -2.57. The molecule has 3 aliphatic carbocycles. The average molecular weight is 519 g/mol. The second-order valence-corrected chi connectivity index (χ2v) is 11.0. The highest BCUT2D eigenvalue weighted by Crippen LogP contribution is 2.69. The molecule has 7 rings (SSSR count). The van der Waals surface area contributed by atoms with Crippen molar-refractivity contribution in [3.8, 4) is 0 Å². The van der Waals surface area contributed by atoms with E-state index < -0.39 is 45.3 Å². The van der Waals surface area contributed by atoms with Crippen molar-refractivity contribution >= 4 is 40.9 Å². The van der Waals surface area contributed by atoms with Crippen LogP contribution in [0.3, 0.4) is 0 Å². The average Bonchev–Trinajstić information content (AvgIpc) is 3.18. The molecular formula is C29H24Cl2N2O3. The molecule has 1 heterocycles. The first-order chi connectivity index (χ1) is 17.2. The van der Waals surface area contributed by atoms with Crippen LogP contribution in [0, 0.1) is 11.8 Å². The van der Waals surface area contributed by atoms with Crippen molar-refractivity contribution in [2.45, 2.75) is 35.7 Å². The molecule has 4 aliphatic rings. The first kappa shape index (κ1) is 23.3. The molecular weight excluding hydrogens is 495 g/mol. The Morgan fingerprint density at radius 1 is 0.750 bits per heavy atom. The number of carbonyl (C=O) groups is 3. The van der Waals surface area contributed by atoms with Gasteiger partial charge in [0.25, 0.3) is 0 Å². The number of rotatable bonds is 4. The number of halogens is 2. The van der Waals surface area contributed by atoms with Crippen LogP contribution in [0.15, 0.2) is 78.9 Å². The van der Waals surface area contributed by atoms with Crippen LogP contribution in [0.2, 0.25) is 0 Å². The summed E-state index contributed by atoms with van der Waals surface area (Å²) in [5.41, 5.74) is 3.87. The van der Waals surface area contributed by atoms with E-state index in [4.69, 9.17) is 23.2 Å². The lowest BCUT2D eigenvalue weighted by Gasteiger charge is -2.54. The second kappa shape index (κ2) is 7.92. The van der Waals surface area contributed by atoms with E-state index in [1.807, 2.05) is 85.8 Å². The molecule has 1 fully saturated rings. The van der Waals surface area contributed by atoms with Crippen molar-refractivity contribution in [1.82, 2.24) is 10.2 Å². The van der Waals surface area contributed by atoms with Crippen molar-refractivity contribution in [2.75, 3.05) is 0 Å². The molecule has 5 nitrogen and oxygen atoms in total. The topological polar surface area (TPSA) is 66.5 Å². The number of imide groups is 1. The van der Waals surface area contributed by atoms with Gasteiger partial charge in [-0.3, -0.25) is 19.3 Å². The monoisotopic (exact) mass is 518 g/mol. The van der Waals surface area contributed by atoms with Gasteiger partial charge >= 0.3 is 0 Å². The van der Waals surface area contributed by atoms with Crippen LogP contribution in [-0.4, -0.2) is 28.7 Å². The van der Waals surface area contributed by atoms with Gasteiger partial charge in [0.1, 0.15) is 15.8 Å². The Morgan fingerprint density at radius 2 is 1.14 bits per heavy atom. The molecule has 3 aromatic rings. The van der Waals surface area contributed by atoms with E-state index in [0.29, 0.717) is 0 Å². The molecule has 3 amide bonds. The number of hydrogen-bond donors (Lipinski definition) is 1. The summed E-state index contributed by atoms with van der Waals surface area (Å²) in [5.74, 6) is -3.19. The highest BCUT2D eigenvalue weighted by atomic mass is 35.5. The predicted octanol–water partition coefficient (Wildman–Crippen LogP) is 4.85. The predicted molar refractivity (Wildman–Crippen MR) is 137 cm³/mol. The van der Waals surface area contributed by atoms with Crippen LogP contribution in [-0.2, 0) is 24.1 Å². The maximum Gasteiger partial charge on any atom is 0.243 e. The molecule has 0 unspecified atom stereocenters. The third-order valence-corrected chi connectivity index (χ3v) is 9.33. The molecule has 1 N–H and O–H groups in total. The van der Waals surface area contributed by atoms with E-state index in [0.717, 1.165) is 32.7 Å². The second-order valence-electron chi connectivity index (χ2n) is 9.83.